The van der Waals surface area contributed by atoms with Gasteiger partial charge in [-0.05, 0) is 31.6 Å². The molecule has 0 saturated heterocycles. The molecule has 0 amide bonds. The standard InChI is InChI=1S/C15H26O3/c1-9-6-5-7-10-11(16)8-12(17)13(14(2,3)18)15(9,10)4/h9-10,12-13,17-18H,5-8H2,1-4H3/t9-,10-,12-,13+,15+/m1/s1. The number of hydrogen-bond donors (Lipinski definition) is 2. The fraction of sp³-hybridized carbons (Fsp3) is 0.933. The average molecular weight is 254 g/mol. The van der Waals surface area contributed by atoms with Crippen LogP contribution in [0.1, 0.15) is 53.4 Å². The highest BCUT2D eigenvalue weighted by molar-refractivity contribution is 5.83. The van der Waals surface area contributed by atoms with Crippen LogP contribution in [-0.4, -0.2) is 27.7 Å². The topological polar surface area (TPSA) is 57.5 Å². The van der Waals surface area contributed by atoms with E-state index in [0.717, 1.165) is 19.3 Å². The molecule has 2 aliphatic carbocycles. The molecule has 0 unspecified atom stereocenters. The molecule has 2 N–H and O–H groups in total. The van der Waals surface area contributed by atoms with E-state index >= 15 is 0 Å². The molecule has 0 aliphatic heterocycles. The fourth-order valence-electron chi connectivity index (χ4n) is 4.74. The normalized spacial score (nSPS) is 45.8. The van der Waals surface area contributed by atoms with E-state index in [1.165, 1.54) is 0 Å². The van der Waals surface area contributed by atoms with E-state index in [2.05, 4.69) is 13.8 Å². The minimum Gasteiger partial charge on any atom is -0.392 e. The van der Waals surface area contributed by atoms with Crippen LogP contribution >= 0.6 is 0 Å². The smallest absolute Gasteiger partial charge is 0.139 e. The first-order valence-corrected chi connectivity index (χ1v) is 7.12. The summed E-state index contributed by atoms with van der Waals surface area (Å²) in [7, 11) is 0. The molecule has 3 heteroatoms. The molecule has 2 saturated carbocycles. The van der Waals surface area contributed by atoms with Crippen molar-refractivity contribution in [1.29, 1.82) is 0 Å². The third-order valence-electron chi connectivity index (χ3n) is 5.56. The zero-order valence-corrected chi connectivity index (χ0v) is 11.9. The number of ketones is 1. The lowest BCUT2D eigenvalue weighted by Crippen LogP contribution is -2.61. The van der Waals surface area contributed by atoms with Crippen molar-refractivity contribution in [1.82, 2.24) is 0 Å². The number of aliphatic hydroxyl groups is 2. The number of aliphatic hydroxyl groups excluding tert-OH is 1. The first-order valence-electron chi connectivity index (χ1n) is 7.12. The van der Waals surface area contributed by atoms with E-state index in [-0.39, 0.29) is 29.5 Å². The van der Waals surface area contributed by atoms with Gasteiger partial charge in [0.2, 0.25) is 0 Å². The van der Waals surface area contributed by atoms with Gasteiger partial charge in [0.25, 0.3) is 0 Å². The Balaban J connectivity index is 2.47. The number of hydrogen-bond acceptors (Lipinski definition) is 3. The molecule has 0 aromatic carbocycles. The highest BCUT2D eigenvalue weighted by atomic mass is 16.3. The average Bonchev–Trinajstić information content (AvgIpc) is 2.18. The Morgan fingerprint density at radius 2 is 1.94 bits per heavy atom. The van der Waals surface area contributed by atoms with Crippen LogP contribution in [0.15, 0.2) is 0 Å². The maximum absolute atomic E-state index is 12.2. The van der Waals surface area contributed by atoms with Crippen molar-refractivity contribution in [2.24, 2.45) is 23.2 Å². The molecule has 2 rings (SSSR count). The first kappa shape index (κ1) is 14.0. The molecule has 18 heavy (non-hydrogen) atoms. The lowest BCUT2D eigenvalue weighted by Gasteiger charge is -2.58. The van der Waals surface area contributed by atoms with Crippen LogP contribution in [0.5, 0.6) is 0 Å². The fourth-order valence-corrected chi connectivity index (χ4v) is 4.74. The SMILES string of the molecule is C[C@@H]1CCC[C@@H]2C(=O)C[C@@H](O)[C@@H](C(C)(C)O)[C@@]12C. The van der Waals surface area contributed by atoms with Gasteiger partial charge in [0.05, 0.1) is 11.7 Å². The third-order valence-corrected chi connectivity index (χ3v) is 5.56. The van der Waals surface area contributed by atoms with E-state index in [1.807, 2.05) is 0 Å². The van der Waals surface area contributed by atoms with Crippen LogP contribution in [0, 0.1) is 23.2 Å². The molecular formula is C15H26O3. The Morgan fingerprint density at radius 3 is 2.50 bits per heavy atom. The van der Waals surface area contributed by atoms with Crippen molar-refractivity contribution in [3.05, 3.63) is 0 Å². The summed E-state index contributed by atoms with van der Waals surface area (Å²) in [6.07, 6.45) is 2.58. The second-order valence-corrected chi connectivity index (χ2v) is 7.12. The lowest BCUT2D eigenvalue weighted by molar-refractivity contribution is -0.184. The molecule has 3 nitrogen and oxygen atoms in total. The number of Topliss-reactive ketones (excluding diaryl/α,β-unsaturated/α-hetero) is 1. The molecule has 2 aliphatic rings. The summed E-state index contributed by atoms with van der Waals surface area (Å²) in [6, 6.07) is 0. The highest BCUT2D eigenvalue weighted by Crippen LogP contribution is 2.57. The van der Waals surface area contributed by atoms with Crippen molar-refractivity contribution >= 4 is 5.78 Å². The first-order chi connectivity index (χ1) is 8.19. The monoisotopic (exact) mass is 254 g/mol. The van der Waals surface area contributed by atoms with Crippen LogP contribution in [-0.2, 0) is 4.79 Å². The predicted molar refractivity (Wildman–Crippen MR) is 70.0 cm³/mol. The summed E-state index contributed by atoms with van der Waals surface area (Å²) in [5, 5.41) is 20.8. The third kappa shape index (κ3) is 1.92. The van der Waals surface area contributed by atoms with Crippen LogP contribution in [0.4, 0.5) is 0 Å². The van der Waals surface area contributed by atoms with E-state index in [1.54, 1.807) is 13.8 Å². The van der Waals surface area contributed by atoms with Gasteiger partial charge in [-0.15, -0.1) is 0 Å². The van der Waals surface area contributed by atoms with Gasteiger partial charge >= 0.3 is 0 Å². The van der Waals surface area contributed by atoms with Crippen molar-refractivity contribution in [3.63, 3.8) is 0 Å². The van der Waals surface area contributed by atoms with Gasteiger partial charge in [-0.3, -0.25) is 4.79 Å². The van der Waals surface area contributed by atoms with Crippen molar-refractivity contribution in [3.8, 4) is 0 Å². The van der Waals surface area contributed by atoms with Crippen LogP contribution < -0.4 is 0 Å². The van der Waals surface area contributed by atoms with Crippen molar-refractivity contribution in [2.45, 2.75) is 65.1 Å². The highest BCUT2D eigenvalue weighted by Gasteiger charge is 2.59. The largest absolute Gasteiger partial charge is 0.392 e. The molecule has 0 bridgehead atoms. The minimum atomic E-state index is -0.946. The minimum absolute atomic E-state index is 0.0149. The van der Waals surface area contributed by atoms with Gasteiger partial charge < -0.3 is 10.2 Å². The molecule has 0 radical (unpaired) electrons. The molecule has 0 aromatic rings. The Bertz CT molecular complexity index is 344. The molecular weight excluding hydrogens is 228 g/mol. The Labute approximate surface area is 110 Å². The number of rotatable bonds is 1. The van der Waals surface area contributed by atoms with E-state index in [0.29, 0.717) is 5.92 Å². The Kier molecular flexibility index (Phi) is 3.35. The zero-order chi connectivity index (χ0) is 13.7. The number of fused-ring (bicyclic) bond motifs is 1. The second-order valence-electron chi connectivity index (χ2n) is 7.12. The van der Waals surface area contributed by atoms with E-state index in [4.69, 9.17) is 0 Å². The second kappa shape index (κ2) is 4.31. The van der Waals surface area contributed by atoms with Gasteiger partial charge in [0, 0.05) is 18.3 Å². The summed E-state index contributed by atoms with van der Waals surface area (Å²) in [4.78, 5) is 12.2. The summed E-state index contributed by atoms with van der Waals surface area (Å²) in [6.45, 7) is 7.79. The quantitative estimate of drug-likeness (QED) is 0.754. The molecule has 0 heterocycles. The van der Waals surface area contributed by atoms with Crippen LogP contribution in [0.25, 0.3) is 0 Å². The maximum atomic E-state index is 12.2. The van der Waals surface area contributed by atoms with Crippen LogP contribution in [0.3, 0.4) is 0 Å². The molecule has 0 spiro atoms. The Morgan fingerprint density at radius 1 is 1.33 bits per heavy atom. The van der Waals surface area contributed by atoms with E-state index < -0.39 is 11.7 Å². The lowest BCUT2D eigenvalue weighted by atomic mass is 9.47. The van der Waals surface area contributed by atoms with Crippen molar-refractivity contribution < 1.29 is 15.0 Å². The molecule has 0 aromatic heterocycles. The summed E-state index contributed by atoms with van der Waals surface area (Å²) < 4.78 is 0. The summed E-state index contributed by atoms with van der Waals surface area (Å²) in [5.74, 6) is 0.354. The van der Waals surface area contributed by atoms with Gasteiger partial charge in [-0.2, -0.15) is 0 Å². The Hall–Kier alpha value is -0.410. The molecule has 104 valence electrons. The van der Waals surface area contributed by atoms with Gasteiger partial charge in [0.15, 0.2) is 0 Å². The van der Waals surface area contributed by atoms with Gasteiger partial charge in [-0.25, -0.2) is 0 Å². The molecule has 2 fully saturated rings. The summed E-state index contributed by atoms with van der Waals surface area (Å²) >= 11 is 0. The number of carbonyl (C=O) groups is 1. The molecule has 5 atom stereocenters. The summed E-state index contributed by atoms with van der Waals surface area (Å²) in [5.41, 5.74) is -1.22. The maximum Gasteiger partial charge on any atom is 0.139 e. The van der Waals surface area contributed by atoms with E-state index in [9.17, 15) is 15.0 Å². The number of carbonyl (C=O) groups excluding carboxylic acids is 1. The van der Waals surface area contributed by atoms with Gasteiger partial charge in [0.1, 0.15) is 5.78 Å². The zero-order valence-electron chi connectivity index (χ0n) is 11.9. The van der Waals surface area contributed by atoms with Crippen LogP contribution in [0.2, 0.25) is 0 Å². The predicted octanol–water partition coefficient (Wildman–Crippen LogP) is 2.15. The van der Waals surface area contributed by atoms with Crippen molar-refractivity contribution in [2.75, 3.05) is 0 Å². The van der Waals surface area contributed by atoms with Gasteiger partial charge in [-0.1, -0.05) is 26.7 Å².